The third-order valence-electron chi connectivity index (χ3n) is 4.12. The average Bonchev–Trinajstić information content (AvgIpc) is 2.63. The molecule has 0 spiro atoms. The molecule has 0 rings (SSSR count). The highest BCUT2D eigenvalue weighted by atomic mass is 16.4. The number of carboxylic acids is 2. The van der Waals surface area contributed by atoms with Gasteiger partial charge in [0, 0.05) is 6.42 Å². The number of amides is 4. The fraction of sp³-hybridized carbons (Fsp3) is 0.667. The Hall–Kier alpha value is -3.22. The average molecular weight is 445 g/mol. The molecule has 0 aromatic heterocycles. The Bertz CT molecular complexity index is 696. The lowest BCUT2D eigenvalue weighted by Crippen LogP contribution is -2.57. The van der Waals surface area contributed by atoms with Crippen molar-refractivity contribution in [1.82, 2.24) is 16.0 Å². The topological polar surface area (TPSA) is 231 Å². The van der Waals surface area contributed by atoms with Crippen LogP contribution in [0.5, 0.6) is 0 Å². The van der Waals surface area contributed by atoms with Crippen molar-refractivity contribution in [2.45, 2.75) is 70.6 Å². The van der Waals surface area contributed by atoms with Crippen molar-refractivity contribution in [2.24, 2.45) is 17.4 Å². The number of nitrogens with one attached hydrogen (secondary N) is 3. The van der Waals surface area contributed by atoms with Crippen LogP contribution >= 0.6 is 0 Å². The van der Waals surface area contributed by atoms with Crippen LogP contribution in [0.3, 0.4) is 0 Å². The minimum Gasteiger partial charge on any atom is -0.481 e. The van der Waals surface area contributed by atoms with Gasteiger partial charge in [0.1, 0.15) is 18.1 Å². The number of primary amides is 1. The minimum atomic E-state index is -1.46. The van der Waals surface area contributed by atoms with E-state index in [0.29, 0.717) is 0 Å². The Kier molecular flexibility index (Phi) is 11.8. The maximum Gasteiger partial charge on any atom is 0.326 e. The Morgan fingerprint density at radius 2 is 1.39 bits per heavy atom. The lowest BCUT2D eigenvalue weighted by atomic mass is 10.0. The van der Waals surface area contributed by atoms with Crippen LogP contribution in [0.2, 0.25) is 0 Å². The van der Waals surface area contributed by atoms with E-state index in [0.717, 1.165) is 0 Å². The highest BCUT2D eigenvalue weighted by Gasteiger charge is 2.30. The summed E-state index contributed by atoms with van der Waals surface area (Å²) in [5.41, 5.74) is 10.7. The largest absolute Gasteiger partial charge is 0.481 e. The number of nitrogens with two attached hydrogens (primary N) is 2. The smallest absolute Gasteiger partial charge is 0.326 e. The maximum atomic E-state index is 12.5. The van der Waals surface area contributed by atoms with Crippen molar-refractivity contribution in [3.8, 4) is 0 Å². The van der Waals surface area contributed by atoms with Gasteiger partial charge in [0.25, 0.3) is 0 Å². The molecular formula is C18H31N5O8. The Balaban J connectivity index is 5.08. The second-order valence-corrected chi connectivity index (χ2v) is 7.53. The second kappa shape index (κ2) is 13.2. The third-order valence-corrected chi connectivity index (χ3v) is 4.12. The zero-order chi connectivity index (χ0) is 24.3. The van der Waals surface area contributed by atoms with Gasteiger partial charge in [0.05, 0.1) is 12.5 Å². The first-order chi connectivity index (χ1) is 14.2. The summed E-state index contributed by atoms with van der Waals surface area (Å²) in [6, 6.07) is -5.04. The Morgan fingerprint density at radius 1 is 0.839 bits per heavy atom. The van der Waals surface area contributed by atoms with Crippen LogP contribution in [0, 0.1) is 5.92 Å². The van der Waals surface area contributed by atoms with Crippen LogP contribution in [0.25, 0.3) is 0 Å². The number of hydrogen-bond donors (Lipinski definition) is 7. The van der Waals surface area contributed by atoms with E-state index in [1.54, 1.807) is 13.8 Å². The van der Waals surface area contributed by atoms with Gasteiger partial charge in [0.15, 0.2) is 0 Å². The highest BCUT2D eigenvalue weighted by Crippen LogP contribution is 2.06. The van der Waals surface area contributed by atoms with Crippen LogP contribution in [0.15, 0.2) is 0 Å². The predicted octanol–water partition coefficient (Wildman–Crippen LogP) is -2.34. The van der Waals surface area contributed by atoms with E-state index in [1.807, 2.05) is 0 Å². The van der Waals surface area contributed by atoms with E-state index in [4.69, 9.17) is 16.6 Å². The number of rotatable bonds is 14. The van der Waals surface area contributed by atoms with Crippen LogP contribution in [-0.4, -0.2) is 69.9 Å². The summed E-state index contributed by atoms with van der Waals surface area (Å²) in [4.78, 5) is 69.9. The molecule has 0 radical (unpaired) electrons. The van der Waals surface area contributed by atoms with Gasteiger partial charge in [-0.2, -0.15) is 0 Å². The molecule has 0 heterocycles. The normalized spacial score (nSPS) is 14.6. The van der Waals surface area contributed by atoms with Gasteiger partial charge < -0.3 is 37.6 Å². The lowest BCUT2D eigenvalue weighted by molar-refractivity contribution is -0.143. The molecule has 0 aliphatic rings. The second-order valence-electron chi connectivity index (χ2n) is 7.53. The van der Waals surface area contributed by atoms with Crippen molar-refractivity contribution < 1.29 is 39.0 Å². The molecule has 0 aromatic rings. The van der Waals surface area contributed by atoms with Crippen molar-refractivity contribution in [3.05, 3.63) is 0 Å². The van der Waals surface area contributed by atoms with Crippen molar-refractivity contribution >= 4 is 35.6 Å². The first kappa shape index (κ1) is 27.8. The van der Waals surface area contributed by atoms with E-state index >= 15 is 0 Å². The number of carbonyl (C=O) groups excluding carboxylic acids is 4. The van der Waals surface area contributed by atoms with Gasteiger partial charge in [-0.3, -0.25) is 24.0 Å². The van der Waals surface area contributed by atoms with Crippen molar-refractivity contribution in [3.63, 3.8) is 0 Å². The minimum absolute atomic E-state index is 0.0499. The van der Waals surface area contributed by atoms with Gasteiger partial charge in [-0.25, -0.2) is 4.79 Å². The summed E-state index contributed by atoms with van der Waals surface area (Å²) in [6.45, 7) is 4.81. The highest BCUT2D eigenvalue weighted by molar-refractivity contribution is 5.96. The fourth-order valence-electron chi connectivity index (χ4n) is 2.47. The molecule has 4 amide bonds. The van der Waals surface area contributed by atoms with E-state index in [-0.39, 0.29) is 25.2 Å². The summed E-state index contributed by atoms with van der Waals surface area (Å²) in [7, 11) is 0. The first-order valence-corrected chi connectivity index (χ1v) is 9.64. The molecule has 4 atom stereocenters. The van der Waals surface area contributed by atoms with E-state index in [2.05, 4.69) is 16.0 Å². The molecule has 0 saturated heterocycles. The summed E-state index contributed by atoms with van der Waals surface area (Å²) >= 11 is 0. The molecule has 0 bridgehead atoms. The first-order valence-electron chi connectivity index (χ1n) is 9.64. The number of hydrogen-bond acceptors (Lipinski definition) is 7. The maximum absolute atomic E-state index is 12.5. The Labute approximate surface area is 179 Å². The molecule has 0 aromatic carbocycles. The number of carbonyl (C=O) groups is 6. The van der Waals surface area contributed by atoms with Gasteiger partial charge in [0.2, 0.25) is 23.6 Å². The molecule has 0 aliphatic heterocycles. The molecule has 0 fully saturated rings. The summed E-state index contributed by atoms with van der Waals surface area (Å²) < 4.78 is 0. The molecule has 9 N–H and O–H groups in total. The summed E-state index contributed by atoms with van der Waals surface area (Å²) in [5.74, 6) is -5.92. The zero-order valence-electron chi connectivity index (χ0n) is 17.7. The number of aliphatic carboxylic acids is 2. The SMILES string of the molecule is CC(C)CC(NC(=O)C(CC(N)=O)NC(=O)C(C)NC(=O)C(N)CCC(=O)O)C(=O)O. The lowest BCUT2D eigenvalue weighted by Gasteiger charge is -2.23. The third kappa shape index (κ3) is 11.5. The summed E-state index contributed by atoms with van der Waals surface area (Å²) in [5, 5.41) is 24.6. The molecule has 13 heteroatoms. The van der Waals surface area contributed by atoms with Crippen LogP contribution in [-0.2, 0) is 28.8 Å². The molecule has 13 nitrogen and oxygen atoms in total. The van der Waals surface area contributed by atoms with Gasteiger partial charge in [-0.15, -0.1) is 0 Å². The predicted molar refractivity (Wildman–Crippen MR) is 107 cm³/mol. The van der Waals surface area contributed by atoms with E-state index in [9.17, 15) is 33.9 Å². The molecule has 4 unspecified atom stereocenters. The Morgan fingerprint density at radius 3 is 1.84 bits per heavy atom. The zero-order valence-corrected chi connectivity index (χ0v) is 17.7. The van der Waals surface area contributed by atoms with Crippen LogP contribution in [0.1, 0.15) is 46.5 Å². The van der Waals surface area contributed by atoms with Crippen molar-refractivity contribution in [2.75, 3.05) is 0 Å². The molecule has 0 aliphatic carbocycles. The molecule has 176 valence electrons. The fourth-order valence-corrected chi connectivity index (χ4v) is 2.47. The number of carboxylic acid groups (broad SMARTS) is 2. The standard InChI is InChI=1S/C18H31N5O8/c1-8(2)6-12(18(30)31)23-17(29)11(7-13(20)24)22-15(27)9(3)21-16(28)10(19)4-5-14(25)26/h8-12H,4-7,19H2,1-3H3,(H2,20,24)(H,21,28)(H,22,27)(H,23,29)(H,25,26)(H,30,31). The van der Waals surface area contributed by atoms with Crippen LogP contribution < -0.4 is 27.4 Å². The molecular weight excluding hydrogens is 414 g/mol. The van der Waals surface area contributed by atoms with E-state index in [1.165, 1.54) is 6.92 Å². The van der Waals surface area contributed by atoms with Crippen LogP contribution in [0.4, 0.5) is 0 Å². The summed E-state index contributed by atoms with van der Waals surface area (Å²) in [6.07, 6.45) is -0.949. The monoisotopic (exact) mass is 445 g/mol. The van der Waals surface area contributed by atoms with Gasteiger partial charge in [-0.1, -0.05) is 13.8 Å². The molecule has 0 saturated carbocycles. The quantitative estimate of drug-likeness (QED) is 0.151. The van der Waals surface area contributed by atoms with Crippen molar-refractivity contribution in [1.29, 1.82) is 0 Å². The molecule has 31 heavy (non-hydrogen) atoms. The van der Waals surface area contributed by atoms with Gasteiger partial charge >= 0.3 is 11.9 Å². The van der Waals surface area contributed by atoms with E-state index < -0.39 is 66.2 Å². The van der Waals surface area contributed by atoms with Gasteiger partial charge in [-0.05, 0) is 25.7 Å².